The van der Waals surface area contributed by atoms with Crippen LogP contribution in [-0.4, -0.2) is 20.6 Å². The average Bonchev–Trinajstić information content (AvgIpc) is 2.34. The van der Waals surface area contributed by atoms with Crippen molar-refractivity contribution in [3.8, 4) is 0 Å². The van der Waals surface area contributed by atoms with Crippen LogP contribution in [0.15, 0.2) is 6.07 Å². The number of nitrogens with one attached hydrogen (secondary N) is 1. The molecule has 0 fully saturated rings. The summed E-state index contributed by atoms with van der Waals surface area (Å²) in [6, 6.07) is 1.54. The van der Waals surface area contributed by atoms with E-state index in [1.165, 1.54) is 17.8 Å². The number of carbonyl (C=O) groups is 1. The van der Waals surface area contributed by atoms with Crippen molar-refractivity contribution in [1.82, 2.24) is 10.2 Å². The summed E-state index contributed by atoms with van der Waals surface area (Å²) in [4.78, 5) is 11.3. The minimum Gasteiger partial charge on any atom is -0.382 e. The molecule has 0 saturated heterocycles. The first-order chi connectivity index (χ1) is 5.59. The maximum atomic E-state index is 11.3. The number of nitrogen functional groups attached to an aromatic ring is 1. The Kier molecular flexibility index (Phi) is 2.75. The molecular formula is C7H11N3OS. The number of anilines is 1. The number of thioether (sulfide) groups is 1. The molecule has 0 radical (unpaired) electrons. The van der Waals surface area contributed by atoms with Crippen LogP contribution in [0, 0.1) is 0 Å². The van der Waals surface area contributed by atoms with Gasteiger partial charge in [-0.15, -0.1) is 0 Å². The summed E-state index contributed by atoms with van der Waals surface area (Å²) in [7, 11) is 0. The van der Waals surface area contributed by atoms with Crippen LogP contribution in [0.4, 0.5) is 5.82 Å². The largest absolute Gasteiger partial charge is 0.382 e. The highest BCUT2D eigenvalue weighted by atomic mass is 32.2. The highest BCUT2D eigenvalue weighted by molar-refractivity contribution is 8.14. The Morgan fingerprint density at radius 1 is 1.75 bits per heavy atom. The first kappa shape index (κ1) is 9.12. The monoisotopic (exact) mass is 185 g/mol. The lowest BCUT2D eigenvalue weighted by atomic mass is 10.5. The van der Waals surface area contributed by atoms with Gasteiger partial charge in [0.05, 0.1) is 0 Å². The zero-order valence-corrected chi connectivity index (χ0v) is 7.81. The predicted molar refractivity (Wildman–Crippen MR) is 50.1 cm³/mol. The van der Waals surface area contributed by atoms with E-state index in [0.29, 0.717) is 11.5 Å². The van der Waals surface area contributed by atoms with Crippen LogP contribution in [0.25, 0.3) is 0 Å². The fourth-order valence-electron chi connectivity index (χ4n) is 0.719. The summed E-state index contributed by atoms with van der Waals surface area (Å²) >= 11 is 1.26. The van der Waals surface area contributed by atoms with Crippen molar-refractivity contribution in [2.75, 3.05) is 5.73 Å². The van der Waals surface area contributed by atoms with Gasteiger partial charge in [-0.25, -0.2) is 0 Å². The molecule has 0 saturated carbocycles. The molecule has 0 aliphatic rings. The Morgan fingerprint density at radius 3 is 2.83 bits per heavy atom. The summed E-state index contributed by atoms with van der Waals surface area (Å²) in [6.45, 7) is 3.92. The molecule has 0 aliphatic heterocycles. The van der Waals surface area contributed by atoms with E-state index in [4.69, 9.17) is 5.73 Å². The van der Waals surface area contributed by atoms with Crippen LogP contribution in [0.5, 0.6) is 0 Å². The van der Waals surface area contributed by atoms with Gasteiger partial charge in [0.1, 0.15) is 11.5 Å². The van der Waals surface area contributed by atoms with Gasteiger partial charge in [-0.2, -0.15) is 5.10 Å². The molecule has 0 atom stereocenters. The summed E-state index contributed by atoms with van der Waals surface area (Å²) < 4.78 is 0. The van der Waals surface area contributed by atoms with Crippen molar-refractivity contribution in [2.24, 2.45) is 0 Å². The Balaban J connectivity index is 2.65. The molecule has 5 heteroatoms. The van der Waals surface area contributed by atoms with E-state index in [9.17, 15) is 4.79 Å². The predicted octanol–water partition coefficient (Wildman–Crippen LogP) is 1.27. The smallest absolute Gasteiger partial charge is 0.237 e. The zero-order chi connectivity index (χ0) is 9.14. The Morgan fingerprint density at radius 2 is 2.42 bits per heavy atom. The normalized spacial score (nSPS) is 10.6. The SMILES string of the molecule is CC(C)SC(=O)c1cc(N)n[nH]1. The van der Waals surface area contributed by atoms with Crippen LogP contribution in [0.2, 0.25) is 0 Å². The van der Waals surface area contributed by atoms with Gasteiger partial charge in [0.25, 0.3) is 0 Å². The van der Waals surface area contributed by atoms with Gasteiger partial charge >= 0.3 is 0 Å². The standard InChI is InChI=1S/C7H11N3OS/c1-4(2)12-7(11)5-3-6(8)10-9-5/h3-4H,1-2H3,(H3,8,9,10). The van der Waals surface area contributed by atoms with Crippen LogP contribution >= 0.6 is 11.8 Å². The Hall–Kier alpha value is -0.970. The summed E-state index contributed by atoms with van der Waals surface area (Å²) in [5.41, 5.74) is 5.81. The third-order valence-electron chi connectivity index (χ3n) is 1.16. The Labute approximate surface area is 74.9 Å². The molecule has 0 unspecified atom stereocenters. The van der Waals surface area contributed by atoms with Crippen molar-refractivity contribution < 1.29 is 4.79 Å². The van der Waals surface area contributed by atoms with Crippen LogP contribution in [0.1, 0.15) is 24.3 Å². The fraction of sp³-hybridized carbons (Fsp3) is 0.429. The van der Waals surface area contributed by atoms with Crippen molar-refractivity contribution in [2.45, 2.75) is 19.1 Å². The van der Waals surface area contributed by atoms with Crippen molar-refractivity contribution in [1.29, 1.82) is 0 Å². The number of carbonyl (C=O) groups excluding carboxylic acids is 1. The van der Waals surface area contributed by atoms with Crippen molar-refractivity contribution >= 4 is 22.7 Å². The summed E-state index contributed by atoms with van der Waals surface area (Å²) in [6.07, 6.45) is 0. The molecule has 4 nitrogen and oxygen atoms in total. The number of nitrogens with zero attached hydrogens (tertiary/aromatic N) is 1. The first-order valence-electron chi connectivity index (χ1n) is 3.61. The quantitative estimate of drug-likeness (QED) is 0.728. The molecule has 0 aromatic carbocycles. The van der Waals surface area contributed by atoms with Crippen LogP contribution < -0.4 is 5.73 Å². The molecule has 66 valence electrons. The topological polar surface area (TPSA) is 71.8 Å². The molecule has 1 rings (SSSR count). The first-order valence-corrected chi connectivity index (χ1v) is 4.49. The highest BCUT2D eigenvalue weighted by Gasteiger charge is 2.10. The number of H-pyrrole nitrogens is 1. The molecule has 0 amide bonds. The summed E-state index contributed by atoms with van der Waals surface area (Å²) in [5, 5.41) is 6.49. The molecule has 0 spiro atoms. The van der Waals surface area contributed by atoms with Gasteiger partial charge in [0.15, 0.2) is 0 Å². The van der Waals surface area contributed by atoms with E-state index >= 15 is 0 Å². The van der Waals surface area contributed by atoms with Gasteiger partial charge in [0.2, 0.25) is 5.12 Å². The lowest BCUT2D eigenvalue weighted by molar-refractivity contribution is 0.108. The minimum absolute atomic E-state index is 0.0193. The fourth-order valence-corrected chi connectivity index (χ4v) is 1.38. The zero-order valence-electron chi connectivity index (χ0n) is 7.00. The maximum absolute atomic E-state index is 11.3. The van der Waals surface area contributed by atoms with Gasteiger partial charge < -0.3 is 5.73 Å². The second-order valence-electron chi connectivity index (χ2n) is 2.66. The highest BCUT2D eigenvalue weighted by Crippen LogP contribution is 2.16. The molecular weight excluding hydrogens is 174 g/mol. The lowest BCUT2D eigenvalue weighted by Gasteiger charge is -1.99. The van der Waals surface area contributed by atoms with E-state index in [1.54, 1.807) is 0 Å². The second kappa shape index (κ2) is 3.62. The van der Waals surface area contributed by atoms with E-state index in [0.717, 1.165) is 0 Å². The van der Waals surface area contributed by atoms with Gasteiger partial charge in [-0.3, -0.25) is 9.89 Å². The molecule has 0 bridgehead atoms. The molecule has 0 aliphatic carbocycles. The van der Waals surface area contributed by atoms with Crippen molar-refractivity contribution in [3.05, 3.63) is 11.8 Å². The van der Waals surface area contributed by atoms with Crippen molar-refractivity contribution in [3.63, 3.8) is 0 Å². The van der Waals surface area contributed by atoms with E-state index in [-0.39, 0.29) is 10.4 Å². The average molecular weight is 185 g/mol. The second-order valence-corrected chi connectivity index (χ2v) is 4.21. The van der Waals surface area contributed by atoms with Crippen LogP contribution in [-0.2, 0) is 0 Å². The molecule has 12 heavy (non-hydrogen) atoms. The number of hydrogen-bond acceptors (Lipinski definition) is 4. The van der Waals surface area contributed by atoms with Gasteiger partial charge in [0, 0.05) is 11.3 Å². The number of aromatic amines is 1. The number of aromatic nitrogens is 2. The van der Waals surface area contributed by atoms with Gasteiger partial charge in [-0.05, 0) is 0 Å². The van der Waals surface area contributed by atoms with E-state index in [1.807, 2.05) is 13.8 Å². The van der Waals surface area contributed by atoms with Crippen LogP contribution in [0.3, 0.4) is 0 Å². The van der Waals surface area contributed by atoms with E-state index in [2.05, 4.69) is 10.2 Å². The third kappa shape index (κ3) is 2.27. The number of nitrogens with two attached hydrogens (primary N) is 1. The lowest BCUT2D eigenvalue weighted by Crippen LogP contribution is -1.99. The summed E-state index contributed by atoms with van der Waals surface area (Å²) in [5.74, 6) is 0.350. The molecule has 1 aromatic rings. The third-order valence-corrected chi connectivity index (χ3v) is 2.07. The minimum atomic E-state index is -0.0193. The molecule has 3 N–H and O–H groups in total. The molecule has 1 aromatic heterocycles. The molecule has 1 heterocycles. The number of rotatable bonds is 2. The Bertz CT molecular complexity index is 282. The maximum Gasteiger partial charge on any atom is 0.237 e. The van der Waals surface area contributed by atoms with E-state index < -0.39 is 0 Å². The number of hydrogen-bond donors (Lipinski definition) is 2. The van der Waals surface area contributed by atoms with Gasteiger partial charge in [-0.1, -0.05) is 25.6 Å².